The summed E-state index contributed by atoms with van der Waals surface area (Å²) in [4.78, 5) is 4.73. The van der Waals surface area contributed by atoms with Crippen molar-refractivity contribution in [2.24, 2.45) is 5.73 Å². The highest BCUT2D eigenvalue weighted by atomic mass is 35.5. The number of para-hydroxylation sites is 2. The Labute approximate surface area is 139 Å². The zero-order valence-corrected chi connectivity index (χ0v) is 13.6. The zero-order chi connectivity index (χ0) is 15.5. The van der Waals surface area contributed by atoms with E-state index in [-0.39, 0.29) is 0 Å². The van der Waals surface area contributed by atoms with Gasteiger partial charge in [0.2, 0.25) is 0 Å². The molecule has 2 N–H and O–H groups in total. The van der Waals surface area contributed by atoms with Gasteiger partial charge in [-0.25, -0.2) is 4.98 Å². The van der Waals surface area contributed by atoms with Crippen LogP contribution in [0.15, 0.2) is 42.5 Å². The monoisotopic (exact) mass is 333 g/mol. The summed E-state index contributed by atoms with van der Waals surface area (Å²) in [5.41, 5.74) is 8.63. The van der Waals surface area contributed by atoms with E-state index in [4.69, 9.17) is 33.9 Å². The second kappa shape index (κ2) is 6.69. The Balaban J connectivity index is 2.08. The van der Waals surface area contributed by atoms with Crippen molar-refractivity contribution in [1.29, 1.82) is 0 Å². The maximum atomic E-state index is 6.32. The van der Waals surface area contributed by atoms with Gasteiger partial charge >= 0.3 is 0 Å². The van der Waals surface area contributed by atoms with Gasteiger partial charge in [-0.1, -0.05) is 41.4 Å². The molecule has 3 aromatic rings. The first-order chi connectivity index (χ1) is 10.7. The van der Waals surface area contributed by atoms with Crippen molar-refractivity contribution < 1.29 is 0 Å². The van der Waals surface area contributed by atoms with E-state index in [0.717, 1.165) is 35.3 Å². The van der Waals surface area contributed by atoms with Crippen LogP contribution in [0.1, 0.15) is 17.8 Å². The van der Waals surface area contributed by atoms with Crippen LogP contribution in [0.4, 0.5) is 0 Å². The highest BCUT2D eigenvalue weighted by Gasteiger charge is 2.13. The minimum Gasteiger partial charge on any atom is -0.330 e. The fourth-order valence-corrected chi connectivity index (χ4v) is 3.11. The van der Waals surface area contributed by atoms with Crippen molar-refractivity contribution in [3.05, 3.63) is 63.9 Å². The molecule has 5 heteroatoms. The summed E-state index contributed by atoms with van der Waals surface area (Å²) < 4.78 is 2.18. The first kappa shape index (κ1) is 15.3. The molecule has 22 heavy (non-hydrogen) atoms. The van der Waals surface area contributed by atoms with Crippen LogP contribution in [0.5, 0.6) is 0 Å². The maximum absolute atomic E-state index is 6.32. The number of imidazole rings is 1. The lowest BCUT2D eigenvalue weighted by molar-refractivity contribution is 0.704. The molecule has 0 unspecified atom stereocenters. The van der Waals surface area contributed by atoms with Crippen molar-refractivity contribution in [1.82, 2.24) is 9.55 Å². The molecule has 0 bridgehead atoms. The van der Waals surface area contributed by atoms with Crippen LogP contribution in [-0.2, 0) is 13.0 Å². The van der Waals surface area contributed by atoms with Crippen LogP contribution in [0, 0.1) is 0 Å². The average Bonchev–Trinajstić information content (AvgIpc) is 2.86. The fourth-order valence-electron chi connectivity index (χ4n) is 2.59. The summed E-state index contributed by atoms with van der Waals surface area (Å²) in [5, 5.41) is 1.35. The number of fused-ring (bicyclic) bond motifs is 1. The molecule has 3 nitrogen and oxygen atoms in total. The molecule has 0 aliphatic rings. The third-order valence-corrected chi connectivity index (χ3v) is 4.42. The number of nitrogens with two attached hydrogens (primary N) is 1. The van der Waals surface area contributed by atoms with E-state index in [2.05, 4.69) is 10.6 Å². The smallest absolute Gasteiger partial charge is 0.110 e. The SMILES string of the molecule is NCCCc1nc2ccccc2n1Cc1c(Cl)cccc1Cl. The second-order valence-corrected chi connectivity index (χ2v) is 6.01. The number of rotatable bonds is 5. The Bertz CT molecular complexity index is 775. The second-order valence-electron chi connectivity index (χ2n) is 5.20. The van der Waals surface area contributed by atoms with Gasteiger partial charge in [-0.05, 0) is 37.2 Å². The lowest BCUT2D eigenvalue weighted by Gasteiger charge is -2.12. The molecule has 0 saturated heterocycles. The Kier molecular flexibility index (Phi) is 4.67. The van der Waals surface area contributed by atoms with Crippen molar-refractivity contribution >= 4 is 34.2 Å². The first-order valence-corrected chi connectivity index (χ1v) is 8.03. The van der Waals surface area contributed by atoms with Crippen LogP contribution in [0.3, 0.4) is 0 Å². The Morgan fingerprint density at radius 1 is 1.00 bits per heavy atom. The van der Waals surface area contributed by atoms with Gasteiger partial charge in [0.25, 0.3) is 0 Å². The molecular formula is C17H17Cl2N3. The lowest BCUT2D eigenvalue weighted by atomic mass is 10.2. The van der Waals surface area contributed by atoms with E-state index < -0.39 is 0 Å². The van der Waals surface area contributed by atoms with Crippen LogP contribution < -0.4 is 5.73 Å². The molecule has 114 valence electrons. The summed E-state index contributed by atoms with van der Waals surface area (Å²) in [6, 6.07) is 13.7. The number of aryl methyl sites for hydroxylation is 1. The number of hydrogen-bond donors (Lipinski definition) is 1. The van der Waals surface area contributed by atoms with Crippen LogP contribution in [0.25, 0.3) is 11.0 Å². The minimum atomic E-state index is 0.610. The van der Waals surface area contributed by atoms with Crippen molar-refractivity contribution in [3.63, 3.8) is 0 Å². The predicted octanol–water partition coefficient (Wildman–Crippen LogP) is 4.28. The van der Waals surface area contributed by atoms with Gasteiger partial charge in [-0.15, -0.1) is 0 Å². The van der Waals surface area contributed by atoms with E-state index in [9.17, 15) is 0 Å². The largest absolute Gasteiger partial charge is 0.330 e. The number of aromatic nitrogens is 2. The van der Waals surface area contributed by atoms with E-state index in [0.29, 0.717) is 23.1 Å². The van der Waals surface area contributed by atoms with Crippen LogP contribution in [0.2, 0.25) is 10.0 Å². The summed E-state index contributed by atoms with van der Waals surface area (Å²) >= 11 is 12.6. The molecule has 0 amide bonds. The summed E-state index contributed by atoms with van der Waals surface area (Å²) in [7, 11) is 0. The van der Waals surface area contributed by atoms with E-state index >= 15 is 0 Å². The van der Waals surface area contributed by atoms with Crippen LogP contribution in [-0.4, -0.2) is 16.1 Å². The highest BCUT2D eigenvalue weighted by molar-refractivity contribution is 6.36. The summed E-state index contributed by atoms with van der Waals surface area (Å²) in [5.74, 6) is 1.02. The molecule has 2 aromatic carbocycles. The zero-order valence-electron chi connectivity index (χ0n) is 12.1. The lowest BCUT2D eigenvalue weighted by Crippen LogP contribution is -2.09. The van der Waals surface area contributed by atoms with Gasteiger partial charge in [-0.3, -0.25) is 0 Å². The molecule has 3 rings (SSSR count). The van der Waals surface area contributed by atoms with Gasteiger partial charge in [0.05, 0.1) is 17.6 Å². The topological polar surface area (TPSA) is 43.8 Å². The number of nitrogens with zero attached hydrogens (tertiary/aromatic N) is 2. The quantitative estimate of drug-likeness (QED) is 0.757. The van der Waals surface area contributed by atoms with E-state index in [1.165, 1.54) is 0 Å². The predicted molar refractivity (Wildman–Crippen MR) is 92.7 cm³/mol. The van der Waals surface area contributed by atoms with Crippen molar-refractivity contribution in [3.8, 4) is 0 Å². The molecule has 0 atom stereocenters. The van der Waals surface area contributed by atoms with Gasteiger partial charge < -0.3 is 10.3 Å². The molecule has 0 fully saturated rings. The minimum absolute atomic E-state index is 0.610. The summed E-state index contributed by atoms with van der Waals surface area (Å²) in [6.45, 7) is 1.26. The standard InChI is InChI=1S/C17H17Cl2N3/c18-13-5-3-6-14(19)12(13)11-22-16-8-2-1-7-15(16)21-17(22)9-4-10-20/h1-3,5-8H,4,9-11,20H2. The third-order valence-electron chi connectivity index (χ3n) is 3.72. The molecule has 0 aliphatic heterocycles. The molecular weight excluding hydrogens is 317 g/mol. The molecule has 0 spiro atoms. The number of hydrogen-bond acceptors (Lipinski definition) is 2. The maximum Gasteiger partial charge on any atom is 0.110 e. The van der Waals surface area contributed by atoms with E-state index in [1.54, 1.807) is 0 Å². The molecule has 0 aliphatic carbocycles. The molecule has 1 aromatic heterocycles. The highest BCUT2D eigenvalue weighted by Crippen LogP contribution is 2.27. The average molecular weight is 334 g/mol. The molecule has 0 saturated carbocycles. The van der Waals surface area contributed by atoms with Crippen molar-refractivity contribution in [2.45, 2.75) is 19.4 Å². The fraction of sp³-hybridized carbons (Fsp3) is 0.235. The molecule has 1 heterocycles. The van der Waals surface area contributed by atoms with Gasteiger partial charge in [0.1, 0.15) is 5.82 Å². The Morgan fingerprint density at radius 2 is 1.73 bits per heavy atom. The van der Waals surface area contributed by atoms with Gasteiger partial charge in [0, 0.05) is 22.0 Å². The molecule has 0 radical (unpaired) electrons. The number of halogens is 2. The van der Waals surface area contributed by atoms with Crippen LogP contribution >= 0.6 is 23.2 Å². The van der Waals surface area contributed by atoms with Gasteiger partial charge in [-0.2, -0.15) is 0 Å². The number of benzene rings is 2. The Morgan fingerprint density at radius 3 is 2.45 bits per heavy atom. The van der Waals surface area contributed by atoms with Gasteiger partial charge in [0.15, 0.2) is 0 Å². The normalized spacial score (nSPS) is 11.2. The summed E-state index contributed by atoms with van der Waals surface area (Å²) in [6.07, 6.45) is 1.74. The Hall–Kier alpha value is -1.55. The first-order valence-electron chi connectivity index (χ1n) is 7.28. The van der Waals surface area contributed by atoms with E-state index in [1.807, 2.05) is 36.4 Å². The third kappa shape index (κ3) is 2.98. The van der Waals surface area contributed by atoms with Crippen molar-refractivity contribution in [2.75, 3.05) is 6.54 Å².